The van der Waals surface area contributed by atoms with Crippen LogP contribution >= 0.6 is 31.9 Å². The van der Waals surface area contributed by atoms with Gasteiger partial charge in [-0.05, 0) is 37.6 Å². The van der Waals surface area contributed by atoms with Crippen molar-refractivity contribution in [1.82, 2.24) is 4.90 Å². The molecule has 2 amide bonds. The third-order valence-electron chi connectivity index (χ3n) is 4.28. The first kappa shape index (κ1) is 23.4. The van der Waals surface area contributed by atoms with E-state index in [2.05, 4.69) is 50.3 Å². The van der Waals surface area contributed by atoms with Crippen LogP contribution in [-0.4, -0.2) is 23.8 Å². The summed E-state index contributed by atoms with van der Waals surface area (Å²) in [6.07, 6.45) is 2.19. The summed E-state index contributed by atoms with van der Waals surface area (Å²) < 4.78 is 1.75. The molecule has 1 N–H and O–H groups in total. The van der Waals surface area contributed by atoms with Crippen LogP contribution in [0.2, 0.25) is 0 Å². The molecule has 0 saturated carbocycles. The zero-order valence-electron chi connectivity index (χ0n) is 16.5. The van der Waals surface area contributed by atoms with Gasteiger partial charge in [0.2, 0.25) is 11.8 Å². The number of hydrogen-bond donors (Lipinski definition) is 1. The van der Waals surface area contributed by atoms with E-state index >= 15 is 0 Å². The number of carbonyl (C=O) groups is 2. The highest BCUT2D eigenvalue weighted by Crippen LogP contribution is 2.44. The number of nitrogens with one attached hydrogen (secondary N) is 1. The average Bonchev–Trinajstić information content (AvgIpc) is 3.08. The lowest BCUT2D eigenvalue weighted by Crippen LogP contribution is -2.30. The zero-order chi connectivity index (χ0) is 20.9. The minimum Gasteiger partial charge on any atom is -0.325 e. The molecule has 0 saturated heterocycles. The Bertz CT molecular complexity index is 810. The number of allylic oxidation sites excluding steroid dienone is 2. The molecule has 1 aromatic carbocycles. The Hall–Kier alpha value is -1.66. The second kappa shape index (κ2) is 9.51. The first-order chi connectivity index (χ1) is 12.6. The van der Waals surface area contributed by atoms with E-state index in [4.69, 9.17) is 0 Å². The third-order valence-corrected chi connectivity index (χ3v) is 5.42. The SMILES string of the molecule is C=CC1=C(C(=C)Br)C(C)(C)C(=O)N1C.CC.O=C1Cc2c(Br)cccc2N1. The van der Waals surface area contributed by atoms with Gasteiger partial charge in [0, 0.05) is 33.0 Å². The molecule has 0 unspecified atom stereocenters. The summed E-state index contributed by atoms with van der Waals surface area (Å²) in [5.74, 6) is 0.148. The predicted molar refractivity (Wildman–Crippen MR) is 120 cm³/mol. The number of amides is 2. The van der Waals surface area contributed by atoms with Crippen molar-refractivity contribution in [1.29, 1.82) is 0 Å². The van der Waals surface area contributed by atoms with Crippen molar-refractivity contribution < 1.29 is 9.59 Å². The Morgan fingerprint density at radius 2 is 1.89 bits per heavy atom. The van der Waals surface area contributed by atoms with Gasteiger partial charge in [-0.1, -0.05) is 64.9 Å². The van der Waals surface area contributed by atoms with Crippen molar-refractivity contribution in [3.05, 3.63) is 63.2 Å². The molecule has 0 atom stereocenters. The second-order valence-corrected chi connectivity index (χ2v) is 8.16. The molecule has 0 aliphatic carbocycles. The monoisotopic (exact) mass is 496 g/mol. The fourth-order valence-electron chi connectivity index (χ4n) is 3.05. The Labute approximate surface area is 178 Å². The smallest absolute Gasteiger partial charge is 0.236 e. The summed E-state index contributed by atoms with van der Waals surface area (Å²) in [5.41, 5.74) is 3.24. The van der Waals surface area contributed by atoms with Crippen LogP contribution in [0.25, 0.3) is 0 Å². The van der Waals surface area contributed by atoms with Gasteiger partial charge in [-0.25, -0.2) is 0 Å². The summed E-state index contributed by atoms with van der Waals surface area (Å²) >= 11 is 6.72. The standard InChI is InChI=1S/C11H14BrNO.C8H6BrNO.C2H6/c1-6-8-9(7(2)12)11(3,4)10(14)13(8)5;9-6-2-1-3-7-5(6)4-8(11)10-7;1-2/h6H,1-2H2,3-5H3;1-3H,4H2,(H,10,11);1-2H3. The number of rotatable bonds is 2. The Morgan fingerprint density at radius 3 is 2.33 bits per heavy atom. The molecule has 0 fully saturated rings. The molecule has 146 valence electrons. The Morgan fingerprint density at radius 1 is 1.30 bits per heavy atom. The highest BCUT2D eigenvalue weighted by Gasteiger charge is 2.43. The van der Waals surface area contributed by atoms with Crippen LogP contribution in [-0.2, 0) is 16.0 Å². The van der Waals surface area contributed by atoms with Gasteiger partial charge in [0.1, 0.15) is 0 Å². The fraction of sp³-hybridized carbons (Fsp3) is 0.333. The number of benzene rings is 1. The molecule has 0 radical (unpaired) electrons. The van der Waals surface area contributed by atoms with Gasteiger partial charge < -0.3 is 10.2 Å². The Kier molecular flexibility index (Phi) is 8.23. The van der Waals surface area contributed by atoms with E-state index in [1.807, 2.05) is 45.9 Å². The van der Waals surface area contributed by atoms with E-state index in [-0.39, 0.29) is 11.8 Å². The molecule has 6 heteroatoms. The number of carbonyl (C=O) groups excluding carboxylic acids is 2. The maximum atomic E-state index is 11.9. The topological polar surface area (TPSA) is 49.4 Å². The van der Waals surface area contributed by atoms with E-state index < -0.39 is 5.41 Å². The summed E-state index contributed by atoms with van der Waals surface area (Å²) in [5, 5.41) is 2.77. The molecule has 2 aliphatic heterocycles. The van der Waals surface area contributed by atoms with Crippen LogP contribution in [0.15, 0.2) is 57.7 Å². The highest BCUT2D eigenvalue weighted by molar-refractivity contribution is 9.12. The van der Waals surface area contributed by atoms with E-state index in [0.717, 1.165) is 31.5 Å². The molecule has 4 nitrogen and oxygen atoms in total. The summed E-state index contributed by atoms with van der Waals surface area (Å²) in [7, 11) is 1.75. The van der Waals surface area contributed by atoms with E-state index in [0.29, 0.717) is 6.42 Å². The molecule has 0 bridgehead atoms. The summed E-state index contributed by atoms with van der Waals surface area (Å²) in [6.45, 7) is 15.3. The molecule has 27 heavy (non-hydrogen) atoms. The van der Waals surface area contributed by atoms with Crippen LogP contribution in [0.3, 0.4) is 0 Å². The van der Waals surface area contributed by atoms with Gasteiger partial charge in [0.25, 0.3) is 0 Å². The fourth-order valence-corrected chi connectivity index (χ4v) is 4.26. The van der Waals surface area contributed by atoms with Crippen LogP contribution < -0.4 is 5.32 Å². The lowest BCUT2D eigenvalue weighted by Gasteiger charge is -2.19. The number of nitrogens with zero attached hydrogens (tertiary/aromatic N) is 1. The molecule has 2 aliphatic rings. The van der Waals surface area contributed by atoms with Gasteiger partial charge in [0.05, 0.1) is 11.8 Å². The van der Waals surface area contributed by atoms with E-state index in [9.17, 15) is 9.59 Å². The maximum Gasteiger partial charge on any atom is 0.236 e. The van der Waals surface area contributed by atoms with Crippen LogP contribution in [0.4, 0.5) is 5.69 Å². The molecule has 0 aromatic heterocycles. The molecule has 3 rings (SSSR count). The van der Waals surface area contributed by atoms with Gasteiger partial charge in [-0.15, -0.1) is 0 Å². The first-order valence-corrected chi connectivity index (χ1v) is 10.3. The number of anilines is 1. The maximum absolute atomic E-state index is 11.9. The predicted octanol–water partition coefficient (Wildman–Crippen LogP) is 5.80. The minimum absolute atomic E-state index is 0.0722. The van der Waals surface area contributed by atoms with E-state index in [1.54, 1.807) is 18.0 Å². The van der Waals surface area contributed by atoms with Gasteiger partial charge in [-0.2, -0.15) is 0 Å². The average molecular weight is 498 g/mol. The Balaban J connectivity index is 0.000000252. The third kappa shape index (κ3) is 4.79. The quantitative estimate of drug-likeness (QED) is 0.561. The van der Waals surface area contributed by atoms with Crippen molar-refractivity contribution in [3.8, 4) is 0 Å². The van der Waals surface area contributed by atoms with Crippen LogP contribution in [0.1, 0.15) is 33.3 Å². The van der Waals surface area contributed by atoms with Crippen molar-refractivity contribution in [3.63, 3.8) is 0 Å². The highest BCUT2D eigenvalue weighted by atomic mass is 79.9. The first-order valence-electron chi connectivity index (χ1n) is 8.68. The molecule has 1 aromatic rings. The molecular formula is C21H26Br2N2O2. The lowest BCUT2D eigenvalue weighted by molar-refractivity contribution is -0.132. The second-order valence-electron chi connectivity index (χ2n) is 6.35. The lowest BCUT2D eigenvalue weighted by atomic mass is 9.85. The molecular weight excluding hydrogens is 472 g/mol. The normalized spacial score (nSPS) is 16.6. The van der Waals surface area contributed by atoms with Crippen LogP contribution in [0.5, 0.6) is 0 Å². The summed E-state index contributed by atoms with van der Waals surface area (Å²) in [4.78, 5) is 24.4. The minimum atomic E-state index is -0.515. The molecule has 2 heterocycles. The van der Waals surface area contributed by atoms with Crippen molar-refractivity contribution in [2.24, 2.45) is 5.41 Å². The van der Waals surface area contributed by atoms with Crippen molar-refractivity contribution in [2.45, 2.75) is 34.1 Å². The summed E-state index contributed by atoms with van der Waals surface area (Å²) in [6, 6.07) is 5.76. The van der Waals surface area contributed by atoms with E-state index in [1.165, 1.54) is 0 Å². The molecule has 0 spiro atoms. The van der Waals surface area contributed by atoms with Crippen LogP contribution in [0, 0.1) is 5.41 Å². The number of hydrogen-bond acceptors (Lipinski definition) is 2. The van der Waals surface area contributed by atoms with Gasteiger partial charge in [0.15, 0.2) is 0 Å². The van der Waals surface area contributed by atoms with Crippen molar-refractivity contribution >= 4 is 49.4 Å². The van der Waals surface area contributed by atoms with Gasteiger partial charge in [-0.3, -0.25) is 9.59 Å². The number of halogens is 2. The number of likely N-dealkylation sites (N-methyl/N-ethyl adjacent to an activating group) is 1. The van der Waals surface area contributed by atoms with Gasteiger partial charge >= 0.3 is 0 Å². The zero-order valence-corrected chi connectivity index (χ0v) is 19.6. The van der Waals surface area contributed by atoms with Crippen molar-refractivity contribution in [2.75, 3.05) is 12.4 Å². The largest absolute Gasteiger partial charge is 0.325 e. The number of fused-ring (bicyclic) bond motifs is 1.